The topological polar surface area (TPSA) is 44.4 Å². The van der Waals surface area contributed by atoms with Crippen LogP contribution in [0.3, 0.4) is 0 Å². The van der Waals surface area contributed by atoms with Crippen LogP contribution in [0.5, 0.6) is 0 Å². The van der Waals surface area contributed by atoms with Crippen molar-refractivity contribution in [2.24, 2.45) is 5.92 Å². The average molecular weight is 374 g/mol. The molecule has 1 amide bonds. The number of hydrogen-bond acceptors (Lipinski definition) is 3. The zero-order chi connectivity index (χ0) is 17.2. The van der Waals surface area contributed by atoms with Gasteiger partial charge in [-0.1, -0.05) is 30.3 Å². The van der Waals surface area contributed by atoms with Crippen molar-refractivity contribution in [2.45, 2.75) is 44.3 Å². The van der Waals surface area contributed by atoms with Crippen molar-refractivity contribution in [1.29, 1.82) is 0 Å². The Labute approximate surface area is 153 Å². The first kappa shape index (κ1) is 20.1. The van der Waals surface area contributed by atoms with Crippen molar-refractivity contribution in [3.63, 3.8) is 0 Å². The van der Waals surface area contributed by atoms with Crippen LogP contribution in [0.4, 0.5) is 8.78 Å². The van der Waals surface area contributed by atoms with Crippen LogP contribution in [0.25, 0.3) is 0 Å². The molecule has 25 heavy (non-hydrogen) atoms. The second-order valence-corrected chi connectivity index (χ2v) is 7.06. The second-order valence-electron chi connectivity index (χ2n) is 7.06. The molecule has 0 saturated carbocycles. The van der Waals surface area contributed by atoms with Gasteiger partial charge in [0.05, 0.1) is 12.6 Å². The summed E-state index contributed by atoms with van der Waals surface area (Å²) in [7, 11) is 0. The summed E-state index contributed by atoms with van der Waals surface area (Å²) in [6.07, 6.45) is 0.610. The summed E-state index contributed by atoms with van der Waals surface area (Å²) < 4.78 is 26.4. The molecule has 2 aliphatic heterocycles. The highest BCUT2D eigenvalue weighted by Crippen LogP contribution is 2.26. The lowest BCUT2D eigenvalue weighted by Gasteiger charge is -2.23. The molecular formula is C18H26ClF2N3O. The van der Waals surface area contributed by atoms with Gasteiger partial charge in [-0.3, -0.25) is 15.0 Å². The minimum absolute atomic E-state index is 0. The van der Waals surface area contributed by atoms with Crippen molar-refractivity contribution < 1.29 is 13.6 Å². The largest absolute Gasteiger partial charge is 0.352 e. The zero-order valence-electron chi connectivity index (χ0n) is 14.4. The molecule has 0 bridgehead atoms. The molecule has 3 rings (SSSR count). The average Bonchev–Trinajstić information content (AvgIpc) is 3.15. The van der Waals surface area contributed by atoms with Gasteiger partial charge in [-0.05, 0) is 31.4 Å². The first-order valence-electron chi connectivity index (χ1n) is 8.61. The first-order chi connectivity index (χ1) is 11.4. The molecular weight excluding hydrogens is 348 g/mol. The molecule has 3 unspecified atom stereocenters. The third-order valence-corrected chi connectivity index (χ3v) is 5.06. The molecule has 0 spiro atoms. The van der Waals surface area contributed by atoms with Crippen molar-refractivity contribution in [3.8, 4) is 0 Å². The Morgan fingerprint density at radius 3 is 2.76 bits per heavy atom. The summed E-state index contributed by atoms with van der Waals surface area (Å²) >= 11 is 0. The van der Waals surface area contributed by atoms with Crippen LogP contribution in [-0.4, -0.2) is 48.4 Å². The van der Waals surface area contributed by atoms with Crippen LogP contribution in [0, 0.1) is 5.92 Å². The molecule has 3 atom stereocenters. The van der Waals surface area contributed by atoms with Gasteiger partial charge in [0.2, 0.25) is 5.91 Å². The van der Waals surface area contributed by atoms with E-state index in [1.54, 1.807) is 0 Å². The van der Waals surface area contributed by atoms with Gasteiger partial charge in [0, 0.05) is 25.6 Å². The van der Waals surface area contributed by atoms with Crippen molar-refractivity contribution in [1.82, 2.24) is 15.5 Å². The standard InChI is InChI=1S/C18H25F2N3O.ClH/c1-13(22-17(24)16-9-18(19,20)12-21-16)15-7-8-23(11-15)10-14-5-3-2-4-6-14;/h2-6,13,15-16,21H,7-12H2,1H3,(H,22,24);1H. The molecule has 4 nitrogen and oxygen atoms in total. The van der Waals surface area contributed by atoms with E-state index >= 15 is 0 Å². The van der Waals surface area contributed by atoms with E-state index in [2.05, 4.69) is 27.7 Å². The minimum atomic E-state index is -2.77. The molecule has 1 aromatic rings. The Balaban J connectivity index is 0.00000225. The van der Waals surface area contributed by atoms with E-state index in [-0.39, 0.29) is 24.4 Å². The van der Waals surface area contributed by atoms with Gasteiger partial charge in [-0.25, -0.2) is 8.78 Å². The fourth-order valence-electron chi connectivity index (χ4n) is 3.60. The van der Waals surface area contributed by atoms with Crippen LogP contribution >= 0.6 is 12.4 Å². The number of nitrogens with one attached hydrogen (secondary N) is 2. The number of rotatable bonds is 5. The summed E-state index contributed by atoms with van der Waals surface area (Å²) in [4.78, 5) is 14.5. The molecule has 2 heterocycles. The molecule has 2 saturated heterocycles. The molecule has 2 N–H and O–H groups in total. The highest BCUT2D eigenvalue weighted by atomic mass is 35.5. The number of carbonyl (C=O) groups excluding carboxylic acids is 1. The molecule has 2 fully saturated rings. The fourth-order valence-corrected chi connectivity index (χ4v) is 3.60. The van der Waals surface area contributed by atoms with E-state index in [0.29, 0.717) is 5.92 Å². The first-order valence-corrected chi connectivity index (χ1v) is 8.61. The van der Waals surface area contributed by atoms with Crippen LogP contribution in [0.1, 0.15) is 25.3 Å². The predicted octanol–water partition coefficient (Wildman–Crippen LogP) is 2.43. The van der Waals surface area contributed by atoms with Crippen LogP contribution in [-0.2, 0) is 11.3 Å². The normalized spacial score (nSPS) is 26.8. The lowest BCUT2D eigenvalue weighted by Crippen LogP contribution is -2.47. The number of carbonyl (C=O) groups is 1. The SMILES string of the molecule is CC(NC(=O)C1CC(F)(F)CN1)C1CCN(Cc2ccccc2)C1.Cl. The van der Waals surface area contributed by atoms with E-state index in [0.717, 1.165) is 26.1 Å². The predicted molar refractivity (Wildman–Crippen MR) is 96.0 cm³/mol. The maximum absolute atomic E-state index is 13.2. The fraction of sp³-hybridized carbons (Fsp3) is 0.611. The molecule has 2 aliphatic rings. The lowest BCUT2D eigenvalue weighted by atomic mass is 10.00. The monoisotopic (exact) mass is 373 g/mol. The highest BCUT2D eigenvalue weighted by Gasteiger charge is 2.42. The molecule has 140 valence electrons. The van der Waals surface area contributed by atoms with E-state index in [1.807, 2.05) is 25.1 Å². The van der Waals surface area contributed by atoms with Crippen LogP contribution < -0.4 is 10.6 Å². The number of hydrogen-bond donors (Lipinski definition) is 2. The van der Waals surface area contributed by atoms with Crippen molar-refractivity contribution in [3.05, 3.63) is 35.9 Å². The van der Waals surface area contributed by atoms with E-state index in [9.17, 15) is 13.6 Å². The van der Waals surface area contributed by atoms with Crippen LogP contribution in [0.15, 0.2) is 30.3 Å². The van der Waals surface area contributed by atoms with E-state index < -0.39 is 24.9 Å². The Hall–Kier alpha value is -1.24. The number of halogens is 3. The Morgan fingerprint density at radius 2 is 2.12 bits per heavy atom. The smallest absolute Gasteiger partial charge is 0.262 e. The number of alkyl halides is 2. The van der Waals surface area contributed by atoms with Gasteiger partial charge in [0.1, 0.15) is 0 Å². The number of nitrogens with zero attached hydrogens (tertiary/aromatic N) is 1. The van der Waals surface area contributed by atoms with Crippen LogP contribution in [0.2, 0.25) is 0 Å². The summed E-state index contributed by atoms with van der Waals surface area (Å²) in [5.41, 5.74) is 1.28. The third-order valence-electron chi connectivity index (χ3n) is 5.06. The maximum Gasteiger partial charge on any atom is 0.262 e. The molecule has 1 aromatic carbocycles. The van der Waals surface area contributed by atoms with Gasteiger partial charge >= 0.3 is 0 Å². The Kier molecular flexibility index (Phi) is 6.77. The van der Waals surface area contributed by atoms with Gasteiger partial charge in [-0.2, -0.15) is 0 Å². The van der Waals surface area contributed by atoms with Crippen molar-refractivity contribution in [2.75, 3.05) is 19.6 Å². The quantitative estimate of drug-likeness (QED) is 0.833. The number of amides is 1. The molecule has 0 aromatic heterocycles. The van der Waals surface area contributed by atoms with Crippen molar-refractivity contribution >= 4 is 18.3 Å². The maximum atomic E-state index is 13.2. The Bertz CT molecular complexity index is 573. The molecule has 0 radical (unpaired) electrons. The van der Waals surface area contributed by atoms with E-state index in [1.165, 1.54) is 5.56 Å². The number of benzene rings is 1. The van der Waals surface area contributed by atoms with Gasteiger partial charge in [0.25, 0.3) is 5.92 Å². The van der Waals surface area contributed by atoms with E-state index in [4.69, 9.17) is 0 Å². The summed E-state index contributed by atoms with van der Waals surface area (Å²) in [6, 6.07) is 9.54. The van der Waals surface area contributed by atoms with Gasteiger partial charge < -0.3 is 5.32 Å². The summed E-state index contributed by atoms with van der Waals surface area (Å²) in [5.74, 6) is -2.72. The summed E-state index contributed by atoms with van der Waals surface area (Å²) in [6.45, 7) is 4.40. The number of likely N-dealkylation sites (tertiary alicyclic amines) is 1. The highest BCUT2D eigenvalue weighted by molar-refractivity contribution is 5.85. The summed E-state index contributed by atoms with van der Waals surface area (Å²) in [5, 5.41) is 5.54. The second kappa shape index (κ2) is 8.43. The van der Waals surface area contributed by atoms with Gasteiger partial charge in [-0.15, -0.1) is 12.4 Å². The third kappa shape index (κ3) is 5.36. The minimum Gasteiger partial charge on any atom is -0.352 e. The lowest BCUT2D eigenvalue weighted by molar-refractivity contribution is -0.124. The van der Waals surface area contributed by atoms with Gasteiger partial charge in [0.15, 0.2) is 0 Å². The zero-order valence-corrected chi connectivity index (χ0v) is 15.2. The Morgan fingerprint density at radius 1 is 1.40 bits per heavy atom. The molecule has 7 heteroatoms. The molecule has 0 aliphatic carbocycles.